The van der Waals surface area contributed by atoms with E-state index in [4.69, 9.17) is 52.6 Å². The van der Waals surface area contributed by atoms with Gasteiger partial charge in [-0.1, -0.05) is 0 Å². The summed E-state index contributed by atoms with van der Waals surface area (Å²) in [7, 11) is 0. The molecule has 8 heteroatoms. The summed E-state index contributed by atoms with van der Waals surface area (Å²) in [6.07, 6.45) is 0. The highest BCUT2D eigenvalue weighted by atomic mass is 15.7. The van der Waals surface area contributed by atoms with Crippen LogP contribution in [0.3, 0.4) is 0 Å². The Balaban J connectivity index is 2.09. The van der Waals surface area contributed by atoms with Crippen molar-refractivity contribution in [2.75, 3.05) is 0 Å². The monoisotopic (exact) mass is 304 g/mol. The predicted octanol–water partition coefficient (Wildman–Crippen LogP) is 1.32. The van der Waals surface area contributed by atoms with Gasteiger partial charge in [0, 0.05) is 0 Å². The van der Waals surface area contributed by atoms with Crippen LogP contribution < -0.4 is 0 Å². The molecule has 0 aromatic heterocycles. The van der Waals surface area contributed by atoms with Crippen molar-refractivity contribution in [1.29, 1.82) is 0 Å². The van der Waals surface area contributed by atoms with Crippen LogP contribution in [0.2, 0.25) is 0 Å². The van der Waals surface area contributed by atoms with Gasteiger partial charge in [0.15, 0.2) is 0 Å². The zero-order valence-corrected chi connectivity index (χ0v) is 11.6. The Morgan fingerprint density at radius 1 is 0.250 bits per heavy atom. The molecule has 6 fully saturated rings. The lowest BCUT2D eigenvalue weighted by Gasteiger charge is -2.89. The van der Waals surface area contributed by atoms with Gasteiger partial charge in [0.25, 0.3) is 0 Å². The molecule has 0 saturated heterocycles. The summed E-state index contributed by atoms with van der Waals surface area (Å²) >= 11 is 0. The summed E-state index contributed by atoms with van der Waals surface area (Å²) in [5.41, 5.74) is -14.7. The number of hydrogen-bond acceptors (Lipinski definition) is 0. The molecule has 0 atom stereocenters. The van der Waals surface area contributed by atoms with Gasteiger partial charge in [0.05, 0.1) is 0 Å². The Morgan fingerprint density at radius 3 is 0.375 bits per heavy atom. The zero-order valence-electron chi connectivity index (χ0n) is 11.6. The molecule has 6 saturated carbocycles. The molecular formula is C16N8. The van der Waals surface area contributed by atoms with E-state index < -0.39 is 44.3 Å². The summed E-state index contributed by atoms with van der Waals surface area (Å²) in [6, 6.07) is 0. The first-order valence-electron chi connectivity index (χ1n) is 6.58. The van der Waals surface area contributed by atoms with Crippen LogP contribution in [0.1, 0.15) is 0 Å². The molecule has 6 aliphatic carbocycles. The minimum absolute atomic E-state index is 1.84. The van der Waals surface area contributed by atoms with E-state index in [1.807, 2.05) is 0 Å². The van der Waals surface area contributed by atoms with Crippen molar-refractivity contribution in [3.8, 4) is 0 Å². The lowest BCUT2D eigenvalue weighted by molar-refractivity contribution is -0.530. The maximum Gasteiger partial charge on any atom is 0.514 e. The minimum atomic E-state index is -1.84. The topological polar surface area (TPSA) is 34.9 Å². The summed E-state index contributed by atoms with van der Waals surface area (Å²) < 4.78 is 0. The molecule has 0 amide bonds. The van der Waals surface area contributed by atoms with Crippen molar-refractivity contribution in [2.24, 2.45) is 0 Å². The van der Waals surface area contributed by atoms with E-state index in [9.17, 15) is 0 Å². The lowest BCUT2D eigenvalue weighted by Crippen LogP contribution is -3.48. The van der Waals surface area contributed by atoms with Crippen molar-refractivity contribution >= 4 is 0 Å². The van der Waals surface area contributed by atoms with Gasteiger partial charge in [0.2, 0.25) is 0 Å². The van der Waals surface area contributed by atoms with Gasteiger partial charge in [-0.2, -0.15) is 0 Å². The molecule has 6 aliphatic rings. The fourth-order valence-electron chi connectivity index (χ4n) is 7.85. The molecule has 8 nitrogen and oxygen atoms in total. The summed E-state index contributed by atoms with van der Waals surface area (Å²) in [5, 5.41) is 0. The van der Waals surface area contributed by atoms with Crippen LogP contribution in [0.15, 0.2) is 0 Å². The molecule has 0 aromatic carbocycles. The molecule has 0 heterocycles. The minimum Gasteiger partial charge on any atom is -0.282 e. The average molecular weight is 304 g/mol. The Bertz CT molecular complexity index is 846. The Hall–Kier alpha value is -4.08. The normalized spacial score (nSPS) is 65.7. The van der Waals surface area contributed by atoms with Crippen LogP contribution in [0.25, 0.3) is 38.8 Å². The van der Waals surface area contributed by atoms with Gasteiger partial charge in [-0.15, -0.1) is 0 Å². The molecule has 6 rings (SSSR count). The quantitative estimate of drug-likeness (QED) is 0.605. The molecule has 0 bridgehead atoms. The largest absolute Gasteiger partial charge is 0.514 e. The van der Waals surface area contributed by atoms with Gasteiger partial charge >= 0.3 is 44.3 Å². The molecule has 0 unspecified atom stereocenters. The van der Waals surface area contributed by atoms with E-state index in [2.05, 4.69) is 38.8 Å². The van der Waals surface area contributed by atoms with E-state index in [0.29, 0.717) is 0 Å². The van der Waals surface area contributed by atoms with Gasteiger partial charge in [-0.3, -0.25) is 38.8 Å². The Labute approximate surface area is 136 Å². The van der Waals surface area contributed by atoms with E-state index in [0.717, 1.165) is 0 Å². The first-order chi connectivity index (χ1) is 11.5. The van der Waals surface area contributed by atoms with Gasteiger partial charge in [-0.05, 0) is 0 Å². The van der Waals surface area contributed by atoms with Crippen molar-refractivity contribution in [1.82, 2.24) is 0 Å². The summed E-state index contributed by atoms with van der Waals surface area (Å²) in [6.45, 7) is 61.0. The van der Waals surface area contributed by atoms with Crippen LogP contribution in [0.5, 0.6) is 0 Å². The summed E-state index contributed by atoms with van der Waals surface area (Å²) in [5.74, 6) is 0. The van der Waals surface area contributed by atoms with Gasteiger partial charge in [0.1, 0.15) is 0 Å². The number of hydrogen-bond donors (Lipinski definition) is 0. The molecular weight excluding hydrogens is 304 g/mol. The van der Waals surface area contributed by atoms with Crippen LogP contribution >= 0.6 is 0 Å². The first-order valence-corrected chi connectivity index (χ1v) is 6.58. The van der Waals surface area contributed by atoms with E-state index >= 15 is 0 Å². The van der Waals surface area contributed by atoms with Crippen LogP contribution in [-0.2, 0) is 0 Å². The molecule has 0 N–H and O–H groups in total. The Morgan fingerprint density at radius 2 is 0.333 bits per heavy atom. The number of rotatable bonds is 0. The second-order valence-electron chi connectivity index (χ2n) is 6.58. The van der Waals surface area contributed by atoms with Gasteiger partial charge < -0.3 is 0 Å². The molecule has 0 radical (unpaired) electrons. The maximum absolute atomic E-state index is 7.62. The average Bonchev–Trinajstić information content (AvgIpc) is 2.62. The third-order valence-electron chi connectivity index (χ3n) is 7.62. The van der Waals surface area contributed by atoms with Crippen molar-refractivity contribution in [2.45, 2.75) is 44.3 Å². The third-order valence-corrected chi connectivity index (χ3v) is 7.62. The second-order valence-corrected chi connectivity index (χ2v) is 6.58. The van der Waals surface area contributed by atoms with Crippen LogP contribution in [-0.4, -0.2) is 44.3 Å². The van der Waals surface area contributed by atoms with Crippen LogP contribution in [0, 0.1) is 52.6 Å². The highest BCUT2D eigenvalue weighted by molar-refractivity contribution is 6.12. The molecule has 0 spiro atoms. The van der Waals surface area contributed by atoms with E-state index in [-0.39, 0.29) is 0 Å². The van der Waals surface area contributed by atoms with Crippen molar-refractivity contribution in [3.05, 3.63) is 91.3 Å². The Kier molecular flexibility index (Phi) is 1.17. The van der Waals surface area contributed by atoms with E-state index in [1.165, 1.54) is 0 Å². The van der Waals surface area contributed by atoms with Crippen molar-refractivity contribution in [3.63, 3.8) is 0 Å². The SMILES string of the molecule is [C-]#[N+]C12C3([N+]#[C-])C4([N+]#[C-])C1([N+]#[C-])C1([N+]#[C-])C2([N+]#[C-])C3([N+]#[C-])C41[N+]#[C-]. The smallest absolute Gasteiger partial charge is 0.282 e. The summed E-state index contributed by atoms with van der Waals surface area (Å²) in [4.78, 5) is 27.8. The molecule has 0 aliphatic heterocycles. The highest BCUT2D eigenvalue weighted by Gasteiger charge is 3.77. The molecule has 104 valence electrons. The molecule has 0 aromatic rings. The fraction of sp³-hybridized carbons (Fsp3) is 0.500. The highest BCUT2D eigenvalue weighted by Crippen LogP contribution is 3.17. The number of nitrogens with zero attached hydrogens (tertiary/aromatic N) is 8. The van der Waals surface area contributed by atoms with Crippen LogP contribution in [0.4, 0.5) is 0 Å². The third kappa shape index (κ3) is 0.314. The second kappa shape index (κ2) is 2.25. The maximum atomic E-state index is 7.62. The van der Waals surface area contributed by atoms with Gasteiger partial charge in [-0.25, -0.2) is 52.6 Å². The molecule has 24 heavy (non-hydrogen) atoms. The zero-order chi connectivity index (χ0) is 17.7. The lowest BCUT2D eigenvalue weighted by atomic mass is 8.82. The first kappa shape index (κ1) is 12.5. The fourth-order valence-corrected chi connectivity index (χ4v) is 7.85. The van der Waals surface area contributed by atoms with Crippen molar-refractivity contribution < 1.29 is 0 Å². The standard InChI is InChI=1S/C16N8/c1-17-9-10(18-2)13(21-5)11(9,19-3)15(23-7)12(9,20-4)14(10,22-6)16(13,15)24-8. The van der Waals surface area contributed by atoms with E-state index in [1.54, 1.807) is 0 Å². The predicted molar refractivity (Wildman–Crippen MR) is 74.7 cm³/mol.